The Balaban J connectivity index is 0.000000636. The van der Waals surface area contributed by atoms with Crippen LogP contribution in [0.2, 0.25) is 0 Å². The van der Waals surface area contributed by atoms with Crippen molar-refractivity contribution in [2.24, 2.45) is 10.9 Å². The molecule has 1 aromatic carbocycles. The van der Waals surface area contributed by atoms with Gasteiger partial charge in [0.05, 0.1) is 11.3 Å². The molecule has 8 nitrogen and oxygen atoms in total. The second kappa shape index (κ2) is 9.71. The molecule has 0 aliphatic carbocycles. The van der Waals surface area contributed by atoms with E-state index < -0.39 is 35.3 Å². The lowest BCUT2D eigenvalue weighted by atomic mass is 10.1. The number of carboxylic acid groups (broad SMARTS) is 1. The van der Waals surface area contributed by atoms with E-state index in [1.54, 1.807) is 26.2 Å². The molecule has 5 N–H and O–H groups in total. The van der Waals surface area contributed by atoms with E-state index >= 15 is 0 Å². The van der Waals surface area contributed by atoms with Gasteiger partial charge < -0.3 is 9.84 Å². The van der Waals surface area contributed by atoms with Crippen LogP contribution in [0.3, 0.4) is 0 Å². The van der Waals surface area contributed by atoms with Gasteiger partial charge in [-0.1, -0.05) is 6.07 Å². The van der Waals surface area contributed by atoms with Crippen molar-refractivity contribution in [2.45, 2.75) is 39.5 Å². The fourth-order valence-electron chi connectivity index (χ4n) is 1.47. The molecule has 27 heavy (non-hydrogen) atoms. The lowest BCUT2D eigenvalue weighted by molar-refractivity contribution is -0.140. The number of ether oxygens (including phenoxy) is 1. The summed E-state index contributed by atoms with van der Waals surface area (Å²) in [6.45, 7) is 6.63. The summed E-state index contributed by atoms with van der Waals surface area (Å²) in [5.74, 6) is 3.31. The Kier molecular flexibility index (Phi) is 8.67. The fraction of sp³-hybridized carbons (Fsp3) is 0.400. The first kappa shape index (κ1) is 24.1. The normalized spacial score (nSPS) is 11.8. The third-order valence-electron chi connectivity index (χ3n) is 2.53. The van der Waals surface area contributed by atoms with Gasteiger partial charge >= 0.3 is 18.4 Å². The molecule has 0 spiro atoms. The van der Waals surface area contributed by atoms with Gasteiger partial charge in [-0.15, -0.1) is 0 Å². The van der Waals surface area contributed by atoms with E-state index in [1.165, 1.54) is 6.92 Å². The summed E-state index contributed by atoms with van der Waals surface area (Å²) in [7, 11) is 0. The summed E-state index contributed by atoms with van der Waals surface area (Å²) in [6.07, 6.45) is -6.81. The minimum absolute atomic E-state index is 0.0463. The molecular weight excluding hydrogens is 376 g/mol. The van der Waals surface area contributed by atoms with Gasteiger partial charge in [-0.3, -0.25) is 5.43 Å². The van der Waals surface area contributed by atoms with Gasteiger partial charge in [0.15, 0.2) is 0 Å². The molecule has 1 rings (SSSR count). The molecule has 0 unspecified atom stereocenters. The highest BCUT2D eigenvalue weighted by atomic mass is 19.4. The molecule has 0 bridgehead atoms. The number of amides is 2. The predicted octanol–water partition coefficient (Wildman–Crippen LogP) is 3.22. The molecule has 152 valence electrons. The van der Waals surface area contributed by atoms with Crippen LogP contribution < -0.4 is 16.7 Å². The van der Waals surface area contributed by atoms with Gasteiger partial charge in [0.2, 0.25) is 0 Å². The minimum Gasteiger partial charge on any atom is -0.464 e. The maximum atomic E-state index is 13.2. The SMILES string of the molecule is C/C(=N/NC(=O)O)c1ccc(C(F)(F)F)c(F)c1.CC(C)(C)OC(=O)NN. The second-order valence-electron chi connectivity index (χ2n) is 5.95. The first-order chi connectivity index (χ1) is 12.2. The highest BCUT2D eigenvalue weighted by molar-refractivity contribution is 5.99. The van der Waals surface area contributed by atoms with Crippen molar-refractivity contribution in [2.75, 3.05) is 0 Å². The minimum atomic E-state index is -4.77. The number of nitrogens with two attached hydrogens (primary N) is 1. The predicted molar refractivity (Wildman–Crippen MR) is 88.3 cm³/mol. The van der Waals surface area contributed by atoms with Crippen molar-refractivity contribution in [3.63, 3.8) is 0 Å². The van der Waals surface area contributed by atoms with Crippen molar-refractivity contribution < 1.29 is 37.0 Å². The van der Waals surface area contributed by atoms with Gasteiger partial charge in [-0.05, 0) is 39.8 Å². The molecule has 0 aliphatic rings. The molecule has 0 aliphatic heterocycles. The highest BCUT2D eigenvalue weighted by Gasteiger charge is 2.33. The number of halogens is 4. The molecule has 0 saturated heterocycles. The van der Waals surface area contributed by atoms with Gasteiger partial charge in [0, 0.05) is 5.56 Å². The smallest absolute Gasteiger partial charge is 0.425 e. The number of carbonyl (C=O) groups is 2. The zero-order valence-corrected chi connectivity index (χ0v) is 14.9. The van der Waals surface area contributed by atoms with Crippen LogP contribution in [0.5, 0.6) is 0 Å². The zero-order valence-electron chi connectivity index (χ0n) is 14.9. The lowest BCUT2D eigenvalue weighted by Gasteiger charge is -2.18. The van der Waals surface area contributed by atoms with Gasteiger partial charge in [0.1, 0.15) is 11.4 Å². The molecular formula is C15H20F4N4O4. The third kappa shape index (κ3) is 9.99. The number of nitrogens with one attached hydrogen (secondary N) is 2. The van der Waals surface area contributed by atoms with Crippen LogP contribution in [-0.4, -0.2) is 28.6 Å². The summed E-state index contributed by atoms with van der Waals surface area (Å²) in [5, 5.41) is 11.6. The third-order valence-corrected chi connectivity index (χ3v) is 2.53. The molecule has 0 radical (unpaired) electrons. The number of hydrogen-bond acceptors (Lipinski definition) is 5. The first-order valence-electron chi connectivity index (χ1n) is 7.27. The van der Waals surface area contributed by atoms with Gasteiger partial charge in [-0.25, -0.2) is 25.2 Å². The van der Waals surface area contributed by atoms with Crippen LogP contribution in [0.4, 0.5) is 27.2 Å². The van der Waals surface area contributed by atoms with E-state index in [0.717, 1.165) is 6.07 Å². The average molecular weight is 396 g/mol. The van der Waals surface area contributed by atoms with E-state index in [9.17, 15) is 27.2 Å². The number of rotatable bonds is 2. The van der Waals surface area contributed by atoms with Crippen molar-refractivity contribution >= 4 is 17.9 Å². The number of hydrazone groups is 1. The van der Waals surface area contributed by atoms with E-state index in [2.05, 4.69) is 5.10 Å². The molecule has 2 amide bonds. The molecule has 0 saturated carbocycles. The largest absolute Gasteiger partial charge is 0.464 e. The Morgan fingerprint density at radius 1 is 1.22 bits per heavy atom. The van der Waals surface area contributed by atoms with Crippen LogP contribution in [0, 0.1) is 5.82 Å². The Morgan fingerprint density at radius 3 is 2.11 bits per heavy atom. The number of hydrogen-bond donors (Lipinski definition) is 4. The lowest BCUT2D eigenvalue weighted by Crippen LogP contribution is -2.36. The van der Waals surface area contributed by atoms with Crippen molar-refractivity contribution in [3.05, 3.63) is 35.1 Å². The molecule has 0 heterocycles. The quantitative estimate of drug-likeness (QED) is 0.201. The number of nitrogens with zero attached hydrogens (tertiary/aromatic N) is 1. The molecule has 0 fully saturated rings. The molecule has 12 heteroatoms. The average Bonchev–Trinajstić information content (AvgIpc) is 2.50. The summed E-state index contributed by atoms with van der Waals surface area (Å²) in [4.78, 5) is 20.5. The van der Waals surface area contributed by atoms with E-state index in [1.807, 2.05) is 5.43 Å². The van der Waals surface area contributed by atoms with E-state index in [4.69, 9.17) is 15.7 Å². The molecule has 0 aromatic heterocycles. The topological polar surface area (TPSA) is 126 Å². The molecule has 1 aromatic rings. The number of hydrazine groups is 1. The van der Waals surface area contributed by atoms with Crippen molar-refractivity contribution in [3.8, 4) is 0 Å². The Bertz CT molecular complexity index is 700. The van der Waals surface area contributed by atoms with Gasteiger partial charge in [0.25, 0.3) is 0 Å². The van der Waals surface area contributed by atoms with Crippen LogP contribution in [0.1, 0.15) is 38.8 Å². The number of alkyl halides is 3. The summed E-state index contributed by atoms with van der Waals surface area (Å²) < 4.78 is 54.7. The van der Waals surface area contributed by atoms with E-state index in [-0.39, 0.29) is 11.3 Å². The number of carbonyl (C=O) groups excluding carboxylic acids is 1. The van der Waals surface area contributed by atoms with Crippen LogP contribution in [0.15, 0.2) is 23.3 Å². The van der Waals surface area contributed by atoms with E-state index in [0.29, 0.717) is 12.1 Å². The van der Waals surface area contributed by atoms with Crippen molar-refractivity contribution in [1.82, 2.24) is 10.9 Å². The maximum Gasteiger partial charge on any atom is 0.425 e. The van der Waals surface area contributed by atoms with Crippen molar-refractivity contribution in [1.29, 1.82) is 0 Å². The fourth-order valence-corrected chi connectivity index (χ4v) is 1.47. The second-order valence-corrected chi connectivity index (χ2v) is 5.95. The Hall–Kier alpha value is -2.89. The highest BCUT2D eigenvalue weighted by Crippen LogP contribution is 2.31. The summed E-state index contributed by atoms with van der Waals surface area (Å²) >= 11 is 0. The van der Waals surface area contributed by atoms with Crippen LogP contribution in [0.25, 0.3) is 0 Å². The van der Waals surface area contributed by atoms with Crippen LogP contribution >= 0.6 is 0 Å². The Morgan fingerprint density at radius 2 is 1.78 bits per heavy atom. The van der Waals surface area contributed by atoms with Gasteiger partial charge in [-0.2, -0.15) is 18.3 Å². The molecule has 0 atom stereocenters. The maximum absolute atomic E-state index is 13.2. The Labute approximate surface area is 152 Å². The first-order valence-corrected chi connectivity index (χ1v) is 7.27. The number of benzene rings is 1. The summed E-state index contributed by atoms with van der Waals surface area (Å²) in [5.41, 5.74) is 1.77. The standard InChI is InChI=1S/C10H8F4N2O2.C5H12N2O2/c1-5(15-16-9(17)18)6-2-3-7(8(11)4-6)10(12,13)14;1-5(2,3)9-4(8)7-6/h2-4,16H,1H3,(H,17,18);6H2,1-3H3,(H,7,8)/b15-5-;. The van der Waals surface area contributed by atoms with Crippen LogP contribution in [-0.2, 0) is 10.9 Å². The monoisotopic (exact) mass is 396 g/mol. The zero-order chi connectivity index (χ0) is 21.4. The summed E-state index contributed by atoms with van der Waals surface area (Å²) in [6, 6.07) is 2.23.